The van der Waals surface area contributed by atoms with Gasteiger partial charge in [-0.05, 0) is 37.3 Å². The summed E-state index contributed by atoms with van der Waals surface area (Å²) in [6.07, 6.45) is 1.74. The standard InChI is InChI=1S/C16H13FN2OS/c1-10-19-15(9-21-10)11-3-5-14(18-8-11)13-7-12(17)4-6-16(13)20-2/h3-9H,1-2H3. The summed E-state index contributed by atoms with van der Waals surface area (Å²) in [4.78, 5) is 8.83. The minimum absolute atomic E-state index is 0.313. The first kappa shape index (κ1) is 13.7. The van der Waals surface area contributed by atoms with Crippen LogP contribution in [0.25, 0.3) is 22.5 Å². The molecule has 0 unspecified atom stereocenters. The molecule has 0 saturated heterocycles. The summed E-state index contributed by atoms with van der Waals surface area (Å²) in [5.41, 5.74) is 3.15. The number of ether oxygens (including phenoxy) is 1. The first-order chi connectivity index (χ1) is 10.2. The summed E-state index contributed by atoms with van der Waals surface area (Å²) in [7, 11) is 1.56. The Morgan fingerprint density at radius 1 is 1.14 bits per heavy atom. The van der Waals surface area contributed by atoms with E-state index in [9.17, 15) is 4.39 Å². The average Bonchev–Trinajstić information content (AvgIpc) is 2.94. The maximum absolute atomic E-state index is 13.4. The number of rotatable bonds is 3. The first-order valence-electron chi connectivity index (χ1n) is 6.40. The third-order valence-corrected chi connectivity index (χ3v) is 3.89. The lowest BCUT2D eigenvalue weighted by molar-refractivity contribution is 0.415. The van der Waals surface area contributed by atoms with Gasteiger partial charge >= 0.3 is 0 Å². The highest BCUT2D eigenvalue weighted by atomic mass is 32.1. The summed E-state index contributed by atoms with van der Waals surface area (Å²) in [6, 6.07) is 8.18. The van der Waals surface area contributed by atoms with Crippen LogP contribution in [-0.2, 0) is 0 Å². The molecule has 2 aromatic heterocycles. The van der Waals surface area contributed by atoms with Gasteiger partial charge in [0.25, 0.3) is 0 Å². The van der Waals surface area contributed by atoms with Crippen molar-refractivity contribution in [2.45, 2.75) is 6.92 Å². The van der Waals surface area contributed by atoms with Crippen LogP contribution in [0, 0.1) is 12.7 Å². The van der Waals surface area contributed by atoms with Crippen molar-refractivity contribution in [3.63, 3.8) is 0 Å². The highest BCUT2D eigenvalue weighted by Gasteiger charge is 2.09. The van der Waals surface area contributed by atoms with Gasteiger partial charge in [-0.15, -0.1) is 11.3 Å². The predicted octanol–water partition coefficient (Wildman–Crippen LogP) is 4.33. The molecule has 0 aliphatic heterocycles. The van der Waals surface area contributed by atoms with E-state index in [1.165, 1.54) is 12.1 Å². The van der Waals surface area contributed by atoms with Crippen molar-refractivity contribution in [1.29, 1.82) is 0 Å². The second kappa shape index (κ2) is 5.61. The molecule has 3 nitrogen and oxygen atoms in total. The van der Waals surface area contributed by atoms with Crippen LogP contribution in [0.5, 0.6) is 5.75 Å². The van der Waals surface area contributed by atoms with E-state index in [0.29, 0.717) is 17.0 Å². The molecule has 21 heavy (non-hydrogen) atoms. The largest absolute Gasteiger partial charge is 0.496 e. The van der Waals surface area contributed by atoms with Crippen LogP contribution in [-0.4, -0.2) is 17.1 Å². The SMILES string of the molecule is COc1ccc(F)cc1-c1ccc(-c2csc(C)n2)cn1. The van der Waals surface area contributed by atoms with Gasteiger partial charge in [-0.2, -0.15) is 0 Å². The Kier molecular flexibility index (Phi) is 3.66. The molecule has 0 spiro atoms. The van der Waals surface area contributed by atoms with Crippen molar-refractivity contribution in [1.82, 2.24) is 9.97 Å². The molecule has 0 saturated carbocycles. The maximum atomic E-state index is 13.4. The number of benzene rings is 1. The number of methoxy groups -OCH3 is 1. The molecule has 0 aliphatic rings. The molecular formula is C16H13FN2OS. The van der Waals surface area contributed by atoms with Crippen molar-refractivity contribution >= 4 is 11.3 Å². The number of aromatic nitrogens is 2. The zero-order valence-corrected chi connectivity index (χ0v) is 12.4. The monoisotopic (exact) mass is 300 g/mol. The van der Waals surface area contributed by atoms with Gasteiger partial charge in [0.15, 0.2) is 0 Å². The van der Waals surface area contributed by atoms with Crippen molar-refractivity contribution in [3.05, 3.63) is 52.7 Å². The number of nitrogens with zero attached hydrogens (tertiary/aromatic N) is 2. The number of halogens is 1. The molecule has 0 aliphatic carbocycles. The summed E-state index contributed by atoms with van der Waals surface area (Å²) in [5, 5.41) is 3.01. The fraction of sp³-hybridized carbons (Fsp3) is 0.125. The van der Waals surface area contributed by atoms with Gasteiger partial charge in [0, 0.05) is 22.7 Å². The third-order valence-electron chi connectivity index (χ3n) is 3.12. The number of hydrogen-bond donors (Lipinski definition) is 0. The van der Waals surface area contributed by atoms with Crippen LogP contribution in [0.15, 0.2) is 41.9 Å². The van der Waals surface area contributed by atoms with Crippen molar-refractivity contribution in [2.75, 3.05) is 7.11 Å². The van der Waals surface area contributed by atoms with E-state index < -0.39 is 0 Å². The van der Waals surface area contributed by atoms with Crippen LogP contribution < -0.4 is 4.74 Å². The topological polar surface area (TPSA) is 35.0 Å². The number of hydrogen-bond acceptors (Lipinski definition) is 4. The zero-order valence-electron chi connectivity index (χ0n) is 11.6. The van der Waals surface area contributed by atoms with E-state index in [4.69, 9.17) is 4.74 Å². The van der Waals surface area contributed by atoms with Gasteiger partial charge in [0.1, 0.15) is 11.6 Å². The van der Waals surface area contributed by atoms with Gasteiger partial charge in [0.2, 0.25) is 0 Å². The molecule has 5 heteroatoms. The second-order valence-corrected chi connectivity index (χ2v) is 5.59. The van der Waals surface area contributed by atoms with Crippen molar-refractivity contribution in [3.8, 4) is 28.3 Å². The molecule has 0 N–H and O–H groups in total. The van der Waals surface area contributed by atoms with Crippen LogP contribution in [0.4, 0.5) is 4.39 Å². The fourth-order valence-corrected chi connectivity index (χ4v) is 2.70. The molecule has 3 rings (SSSR count). The number of pyridine rings is 1. The molecule has 0 radical (unpaired) electrons. The van der Waals surface area contributed by atoms with Gasteiger partial charge < -0.3 is 4.74 Å². The predicted molar refractivity (Wildman–Crippen MR) is 82.0 cm³/mol. The lowest BCUT2D eigenvalue weighted by Gasteiger charge is -2.08. The number of thiazole rings is 1. The third kappa shape index (κ3) is 2.78. The maximum Gasteiger partial charge on any atom is 0.128 e. The molecule has 3 aromatic rings. The van der Waals surface area contributed by atoms with Crippen LogP contribution in [0.1, 0.15) is 5.01 Å². The van der Waals surface area contributed by atoms with Crippen molar-refractivity contribution < 1.29 is 9.13 Å². The van der Waals surface area contributed by atoms with E-state index in [0.717, 1.165) is 16.3 Å². The van der Waals surface area contributed by atoms with Gasteiger partial charge in [-0.1, -0.05) is 0 Å². The van der Waals surface area contributed by atoms with E-state index in [2.05, 4.69) is 9.97 Å². The molecular weight excluding hydrogens is 287 g/mol. The molecule has 0 amide bonds. The van der Waals surface area contributed by atoms with Crippen LogP contribution in [0.2, 0.25) is 0 Å². The Hall–Kier alpha value is -2.27. The first-order valence-corrected chi connectivity index (χ1v) is 7.28. The van der Waals surface area contributed by atoms with E-state index in [1.54, 1.807) is 30.7 Å². The summed E-state index contributed by atoms with van der Waals surface area (Å²) < 4.78 is 18.7. The van der Waals surface area contributed by atoms with Crippen LogP contribution in [0.3, 0.4) is 0 Å². The van der Waals surface area contributed by atoms with E-state index in [-0.39, 0.29) is 5.82 Å². The van der Waals surface area contributed by atoms with Gasteiger partial charge in [-0.25, -0.2) is 9.37 Å². The Morgan fingerprint density at radius 3 is 2.62 bits per heavy atom. The molecule has 0 atom stereocenters. The highest BCUT2D eigenvalue weighted by Crippen LogP contribution is 2.30. The lowest BCUT2D eigenvalue weighted by atomic mass is 10.1. The quantitative estimate of drug-likeness (QED) is 0.722. The van der Waals surface area contributed by atoms with Gasteiger partial charge in [0.05, 0.1) is 23.5 Å². The average molecular weight is 300 g/mol. The number of aryl methyl sites for hydroxylation is 1. The minimum Gasteiger partial charge on any atom is -0.496 e. The van der Waals surface area contributed by atoms with Gasteiger partial charge in [-0.3, -0.25) is 4.98 Å². The van der Waals surface area contributed by atoms with Crippen LogP contribution >= 0.6 is 11.3 Å². The van der Waals surface area contributed by atoms with E-state index >= 15 is 0 Å². The molecule has 2 heterocycles. The molecule has 1 aromatic carbocycles. The Morgan fingerprint density at radius 2 is 2.00 bits per heavy atom. The lowest BCUT2D eigenvalue weighted by Crippen LogP contribution is -1.91. The Bertz CT molecular complexity index is 768. The summed E-state index contributed by atoms with van der Waals surface area (Å²) in [5.74, 6) is 0.285. The highest BCUT2D eigenvalue weighted by molar-refractivity contribution is 7.09. The summed E-state index contributed by atoms with van der Waals surface area (Å²) >= 11 is 1.60. The van der Waals surface area contributed by atoms with Crippen molar-refractivity contribution in [2.24, 2.45) is 0 Å². The Labute approximate surface area is 126 Å². The molecule has 106 valence electrons. The van der Waals surface area contributed by atoms with E-state index in [1.807, 2.05) is 24.4 Å². The smallest absolute Gasteiger partial charge is 0.128 e. The second-order valence-electron chi connectivity index (χ2n) is 4.53. The fourth-order valence-electron chi connectivity index (χ4n) is 2.08. The molecule has 0 bridgehead atoms. The summed E-state index contributed by atoms with van der Waals surface area (Å²) in [6.45, 7) is 1.97. The molecule has 0 fully saturated rings. The Balaban J connectivity index is 1.99. The normalized spacial score (nSPS) is 10.6. The zero-order chi connectivity index (χ0) is 14.8. The minimum atomic E-state index is -0.313.